The van der Waals surface area contributed by atoms with Crippen LogP contribution in [-0.2, 0) is 9.47 Å². The zero-order valence-electron chi connectivity index (χ0n) is 12.7. The summed E-state index contributed by atoms with van der Waals surface area (Å²) in [6.07, 6.45) is 11.8. The Balaban J connectivity index is 1.39. The third kappa shape index (κ3) is 6.53. The summed E-state index contributed by atoms with van der Waals surface area (Å²) in [7, 11) is 0. The summed E-state index contributed by atoms with van der Waals surface area (Å²) in [6.45, 7) is 2.62. The van der Waals surface area contributed by atoms with E-state index in [0.717, 1.165) is 26.0 Å². The third-order valence-electron chi connectivity index (χ3n) is 4.39. The lowest BCUT2D eigenvalue weighted by atomic mass is 9.98. The molecule has 1 atom stereocenters. The van der Waals surface area contributed by atoms with Gasteiger partial charge >= 0.3 is 0 Å². The Morgan fingerprint density at radius 2 is 1.50 bits per heavy atom. The Labute approximate surface area is 123 Å². The lowest BCUT2D eigenvalue weighted by molar-refractivity contribution is -0.00741. The van der Waals surface area contributed by atoms with Gasteiger partial charge in [-0.25, -0.2) is 0 Å². The van der Waals surface area contributed by atoms with Crippen LogP contribution in [0, 0.1) is 0 Å². The van der Waals surface area contributed by atoms with Crippen molar-refractivity contribution in [3.8, 4) is 0 Å². The molecule has 2 saturated carbocycles. The maximum atomic E-state index is 9.83. The van der Waals surface area contributed by atoms with E-state index in [-0.39, 0.29) is 0 Å². The van der Waals surface area contributed by atoms with E-state index < -0.39 is 6.10 Å². The lowest BCUT2D eigenvalue weighted by Gasteiger charge is -2.22. The third-order valence-corrected chi connectivity index (χ3v) is 4.39. The van der Waals surface area contributed by atoms with Gasteiger partial charge in [0.05, 0.1) is 31.5 Å². The van der Waals surface area contributed by atoms with E-state index in [1.54, 1.807) is 0 Å². The van der Waals surface area contributed by atoms with Crippen molar-refractivity contribution in [2.45, 2.75) is 76.1 Å². The largest absolute Gasteiger partial charge is 0.389 e. The normalized spacial score (nSPS) is 23.2. The average molecular weight is 285 g/mol. The second kappa shape index (κ2) is 9.72. The molecule has 0 radical (unpaired) electrons. The first-order valence-corrected chi connectivity index (χ1v) is 8.46. The molecule has 0 aromatic heterocycles. The Kier molecular flexibility index (Phi) is 7.88. The Morgan fingerprint density at radius 3 is 2.20 bits per heavy atom. The molecule has 2 aliphatic carbocycles. The van der Waals surface area contributed by atoms with Crippen LogP contribution in [0.2, 0.25) is 0 Å². The summed E-state index contributed by atoms with van der Waals surface area (Å²) in [6, 6.07) is 0. The van der Waals surface area contributed by atoms with E-state index in [1.807, 2.05) is 0 Å². The maximum absolute atomic E-state index is 9.83. The molecule has 0 amide bonds. The molecule has 20 heavy (non-hydrogen) atoms. The van der Waals surface area contributed by atoms with Gasteiger partial charge in [0.15, 0.2) is 0 Å². The van der Waals surface area contributed by atoms with E-state index in [9.17, 15) is 5.11 Å². The van der Waals surface area contributed by atoms with E-state index in [0.29, 0.717) is 25.4 Å². The van der Waals surface area contributed by atoms with Crippen LogP contribution in [0.15, 0.2) is 0 Å². The van der Waals surface area contributed by atoms with Gasteiger partial charge in [-0.2, -0.15) is 0 Å². The number of aliphatic hydroxyl groups excluding tert-OH is 1. The van der Waals surface area contributed by atoms with Crippen LogP contribution < -0.4 is 5.32 Å². The minimum absolute atomic E-state index is 0.388. The molecule has 0 aromatic rings. The molecule has 0 saturated heterocycles. The molecule has 2 rings (SSSR count). The summed E-state index contributed by atoms with van der Waals surface area (Å²) >= 11 is 0. The van der Waals surface area contributed by atoms with Gasteiger partial charge in [-0.15, -0.1) is 0 Å². The molecular weight excluding hydrogens is 254 g/mol. The highest BCUT2D eigenvalue weighted by molar-refractivity contribution is 4.69. The highest BCUT2D eigenvalue weighted by atomic mass is 16.5. The van der Waals surface area contributed by atoms with Gasteiger partial charge in [0.25, 0.3) is 0 Å². The smallest absolute Gasteiger partial charge is 0.0897 e. The molecule has 118 valence electrons. The fourth-order valence-corrected chi connectivity index (χ4v) is 3.16. The highest BCUT2D eigenvalue weighted by Gasteiger charge is 2.17. The fourth-order valence-electron chi connectivity index (χ4n) is 3.16. The number of hydrogen-bond acceptors (Lipinski definition) is 4. The quantitative estimate of drug-likeness (QED) is 0.638. The van der Waals surface area contributed by atoms with Crippen LogP contribution in [-0.4, -0.2) is 49.7 Å². The fraction of sp³-hybridized carbons (Fsp3) is 1.00. The second-order valence-corrected chi connectivity index (χ2v) is 6.23. The second-order valence-electron chi connectivity index (χ2n) is 6.23. The Hall–Kier alpha value is -0.160. The first-order chi connectivity index (χ1) is 9.84. The minimum Gasteiger partial charge on any atom is -0.389 e. The van der Waals surface area contributed by atoms with Crippen molar-refractivity contribution < 1.29 is 14.6 Å². The number of aliphatic hydroxyl groups is 1. The average Bonchev–Trinajstić information content (AvgIpc) is 2.99. The summed E-state index contributed by atoms with van der Waals surface area (Å²) in [5.74, 6) is 0. The molecule has 4 heteroatoms. The van der Waals surface area contributed by atoms with Crippen molar-refractivity contribution in [1.29, 1.82) is 0 Å². The summed E-state index contributed by atoms with van der Waals surface area (Å²) in [5.41, 5.74) is 0. The maximum Gasteiger partial charge on any atom is 0.0897 e. The molecule has 0 aromatic carbocycles. The standard InChI is InChI=1S/C16H31NO3/c18-14(13-20-16-8-4-5-9-16)12-17-10-11-19-15-6-2-1-3-7-15/h14-18H,1-13H2. The molecule has 0 heterocycles. The number of ether oxygens (including phenoxy) is 2. The molecule has 0 aliphatic heterocycles. The topological polar surface area (TPSA) is 50.7 Å². The SMILES string of the molecule is OC(CNCCOC1CCCCC1)COC1CCCC1. The van der Waals surface area contributed by atoms with Crippen molar-refractivity contribution in [3.63, 3.8) is 0 Å². The van der Waals surface area contributed by atoms with Crippen LogP contribution in [0.25, 0.3) is 0 Å². The van der Waals surface area contributed by atoms with Gasteiger partial charge in [-0.05, 0) is 25.7 Å². The first-order valence-electron chi connectivity index (χ1n) is 8.46. The van der Waals surface area contributed by atoms with Crippen molar-refractivity contribution in [2.75, 3.05) is 26.3 Å². The van der Waals surface area contributed by atoms with Gasteiger partial charge in [-0.3, -0.25) is 0 Å². The molecule has 4 nitrogen and oxygen atoms in total. The van der Waals surface area contributed by atoms with Gasteiger partial charge < -0.3 is 19.9 Å². The first kappa shape index (κ1) is 16.2. The van der Waals surface area contributed by atoms with Crippen LogP contribution in [0.4, 0.5) is 0 Å². The van der Waals surface area contributed by atoms with Crippen molar-refractivity contribution in [3.05, 3.63) is 0 Å². The molecule has 0 spiro atoms. The van der Waals surface area contributed by atoms with E-state index in [2.05, 4.69) is 5.32 Å². The molecule has 2 fully saturated rings. The van der Waals surface area contributed by atoms with Crippen LogP contribution in [0.5, 0.6) is 0 Å². The Bertz CT molecular complexity index is 238. The van der Waals surface area contributed by atoms with E-state index in [4.69, 9.17) is 9.47 Å². The van der Waals surface area contributed by atoms with Crippen molar-refractivity contribution in [1.82, 2.24) is 5.32 Å². The monoisotopic (exact) mass is 285 g/mol. The highest BCUT2D eigenvalue weighted by Crippen LogP contribution is 2.21. The zero-order chi connectivity index (χ0) is 14.0. The molecule has 1 unspecified atom stereocenters. The van der Waals surface area contributed by atoms with E-state index in [1.165, 1.54) is 44.9 Å². The number of hydrogen-bond donors (Lipinski definition) is 2. The van der Waals surface area contributed by atoms with Gasteiger partial charge in [-0.1, -0.05) is 32.1 Å². The minimum atomic E-state index is -0.398. The summed E-state index contributed by atoms with van der Waals surface area (Å²) in [5, 5.41) is 13.1. The van der Waals surface area contributed by atoms with Crippen molar-refractivity contribution >= 4 is 0 Å². The van der Waals surface area contributed by atoms with Gasteiger partial charge in [0.2, 0.25) is 0 Å². The lowest BCUT2D eigenvalue weighted by Crippen LogP contribution is -2.34. The predicted octanol–water partition coefficient (Wildman–Crippen LogP) is 2.25. The van der Waals surface area contributed by atoms with E-state index >= 15 is 0 Å². The number of nitrogens with one attached hydrogen (secondary N) is 1. The molecule has 2 N–H and O–H groups in total. The van der Waals surface area contributed by atoms with Gasteiger partial charge in [0.1, 0.15) is 0 Å². The zero-order valence-corrected chi connectivity index (χ0v) is 12.7. The summed E-state index contributed by atoms with van der Waals surface area (Å²) in [4.78, 5) is 0. The number of rotatable bonds is 9. The van der Waals surface area contributed by atoms with Crippen LogP contribution >= 0.6 is 0 Å². The van der Waals surface area contributed by atoms with Crippen molar-refractivity contribution in [2.24, 2.45) is 0 Å². The predicted molar refractivity (Wildman–Crippen MR) is 79.9 cm³/mol. The molecule has 0 bridgehead atoms. The van der Waals surface area contributed by atoms with Gasteiger partial charge in [0, 0.05) is 13.1 Å². The molecular formula is C16H31NO3. The summed E-state index contributed by atoms with van der Waals surface area (Å²) < 4.78 is 11.5. The molecule has 2 aliphatic rings. The van der Waals surface area contributed by atoms with Crippen LogP contribution in [0.1, 0.15) is 57.8 Å². The van der Waals surface area contributed by atoms with Crippen LogP contribution in [0.3, 0.4) is 0 Å². The Morgan fingerprint density at radius 1 is 0.900 bits per heavy atom.